The van der Waals surface area contributed by atoms with Crippen LogP contribution in [0.15, 0.2) is 24.3 Å². The Morgan fingerprint density at radius 3 is 2.71 bits per heavy atom. The molecule has 0 spiro atoms. The maximum absolute atomic E-state index is 11.8. The van der Waals surface area contributed by atoms with Crippen molar-refractivity contribution in [1.29, 1.82) is 0 Å². The maximum Gasteiger partial charge on any atom is 0.326 e. The average Bonchev–Trinajstić information content (AvgIpc) is 2.84. The summed E-state index contributed by atoms with van der Waals surface area (Å²) in [6, 6.07) is 6.36. The lowest BCUT2D eigenvalue weighted by atomic mass is 10.1. The van der Waals surface area contributed by atoms with E-state index in [2.05, 4.69) is 10.6 Å². The Kier molecular flexibility index (Phi) is 4.67. The Morgan fingerprint density at radius 1 is 1.38 bits per heavy atom. The molecule has 21 heavy (non-hydrogen) atoms. The fourth-order valence-electron chi connectivity index (χ4n) is 2.28. The second-order valence-corrected chi connectivity index (χ2v) is 5.47. The van der Waals surface area contributed by atoms with E-state index >= 15 is 0 Å². The summed E-state index contributed by atoms with van der Waals surface area (Å²) >= 11 is 0. The van der Waals surface area contributed by atoms with Crippen LogP contribution in [0.3, 0.4) is 0 Å². The van der Waals surface area contributed by atoms with Gasteiger partial charge in [0.2, 0.25) is 0 Å². The number of rotatable bonds is 5. The van der Waals surface area contributed by atoms with Crippen molar-refractivity contribution in [2.75, 3.05) is 6.54 Å². The zero-order valence-corrected chi connectivity index (χ0v) is 12.1. The van der Waals surface area contributed by atoms with E-state index in [1.165, 1.54) is 0 Å². The molecule has 114 valence electrons. The van der Waals surface area contributed by atoms with Crippen LogP contribution in [0, 0.1) is 5.92 Å². The zero-order chi connectivity index (χ0) is 15.4. The second kappa shape index (κ2) is 6.47. The van der Waals surface area contributed by atoms with E-state index in [0.717, 1.165) is 17.7 Å². The molecule has 2 atom stereocenters. The van der Waals surface area contributed by atoms with E-state index in [-0.39, 0.29) is 12.0 Å². The second-order valence-electron chi connectivity index (χ2n) is 5.47. The van der Waals surface area contributed by atoms with Crippen molar-refractivity contribution in [2.24, 2.45) is 5.92 Å². The van der Waals surface area contributed by atoms with Gasteiger partial charge in [-0.15, -0.1) is 0 Å². The fourth-order valence-corrected chi connectivity index (χ4v) is 2.28. The topological polar surface area (TPSA) is 87.7 Å². The van der Waals surface area contributed by atoms with E-state index in [0.29, 0.717) is 6.54 Å². The SMILES string of the molecule is CC(C)C(NC(=O)NCC1Cc2ccccc2O1)C(=O)O. The monoisotopic (exact) mass is 292 g/mol. The summed E-state index contributed by atoms with van der Waals surface area (Å²) in [5.74, 6) is -0.375. The minimum atomic E-state index is -1.04. The molecule has 0 radical (unpaired) electrons. The van der Waals surface area contributed by atoms with Crippen LogP contribution in [-0.2, 0) is 11.2 Å². The Labute approximate surface area is 123 Å². The molecule has 3 N–H and O–H groups in total. The standard InChI is InChI=1S/C15H20N2O4/c1-9(2)13(14(18)19)17-15(20)16-8-11-7-10-5-3-4-6-12(10)21-11/h3-6,9,11,13H,7-8H2,1-2H3,(H,18,19)(H2,16,17,20). The highest BCUT2D eigenvalue weighted by molar-refractivity contribution is 5.82. The number of urea groups is 1. The quantitative estimate of drug-likeness (QED) is 0.765. The van der Waals surface area contributed by atoms with E-state index in [1.54, 1.807) is 13.8 Å². The Hall–Kier alpha value is -2.24. The van der Waals surface area contributed by atoms with Gasteiger partial charge in [-0.25, -0.2) is 9.59 Å². The number of aliphatic carboxylic acids is 1. The largest absolute Gasteiger partial charge is 0.488 e. The molecule has 2 unspecified atom stereocenters. The van der Waals surface area contributed by atoms with E-state index in [1.807, 2.05) is 24.3 Å². The van der Waals surface area contributed by atoms with Crippen LogP contribution in [0.25, 0.3) is 0 Å². The number of carbonyl (C=O) groups excluding carboxylic acids is 1. The normalized spacial score (nSPS) is 17.8. The first kappa shape index (κ1) is 15.2. The molecule has 1 aliphatic rings. The van der Waals surface area contributed by atoms with Crippen LogP contribution in [0.1, 0.15) is 19.4 Å². The molecule has 0 saturated heterocycles. The number of benzene rings is 1. The number of nitrogens with one attached hydrogen (secondary N) is 2. The van der Waals surface area contributed by atoms with Crippen LogP contribution in [0.2, 0.25) is 0 Å². The Morgan fingerprint density at radius 2 is 2.10 bits per heavy atom. The number of para-hydroxylation sites is 1. The third-order valence-electron chi connectivity index (χ3n) is 3.42. The van der Waals surface area contributed by atoms with Crippen molar-refractivity contribution < 1.29 is 19.4 Å². The molecule has 2 amide bonds. The molecule has 6 nitrogen and oxygen atoms in total. The molecule has 0 fully saturated rings. The van der Waals surface area contributed by atoms with Gasteiger partial charge in [-0.3, -0.25) is 0 Å². The van der Waals surface area contributed by atoms with Gasteiger partial charge >= 0.3 is 12.0 Å². The number of carboxylic acids is 1. The van der Waals surface area contributed by atoms with Gasteiger partial charge in [-0.05, 0) is 17.5 Å². The molecule has 0 bridgehead atoms. The molecule has 0 aromatic heterocycles. The van der Waals surface area contributed by atoms with Crippen molar-refractivity contribution in [3.05, 3.63) is 29.8 Å². The number of carbonyl (C=O) groups is 2. The molecule has 1 aliphatic heterocycles. The summed E-state index contributed by atoms with van der Waals surface area (Å²) in [5.41, 5.74) is 1.12. The summed E-state index contributed by atoms with van der Waals surface area (Å²) < 4.78 is 5.70. The Balaban J connectivity index is 1.79. The fraction of sp³-hybridized carbons (Fsp3) is 0.467. The van der Waals surface area contributed by atoms with Crippen LogP contribution < -0.4 is 15.4 Å². The highest BCUT2D eigenvalue weighted by Crippen LogP contribution is 2.27. The van der Waals surface area contributed by atoms with Crippen LogP contribution >= 0.6 is 0 Å². The average molecular weight is 292 g/mol. The summed E-state index contributed by atoms with van der Waals surface area (Å²) in [7, 11) is 0. The van der Waals surface area contributed by atoms with Crippen LogP contribution in [0.5, 0.6) is 5.75 Å². The number of fused-ring (bicyclic) bond motifs is 1. The summed E-state index contributed by atoms with van der Waals surface area (Å²) in [6.45, 7) is 3.83. The molecular weight excluding hydrogens is 272 g/mol. The van der Waals surface area contributed by atoms with Crippen molar-refractivity contribution in [2.45, 2.75) is 32.4 Å². The van der Waals surface area contributed by atoms with Gasteiger partial charge in [0.1, 0.15) is 17.9 Å². The van der Waals surface area contributed by atoms with Crippen molar-refractivity contribution in [1.82, 2.24) is 10.6 Å². The molecule has 1 aromatic rings. The first-order chi connectivity index (χ1) is 9.97. The number of carboxylic acid groups (broad SMARTS) is 1. The number of ether oxygens (including phenoxy) is 1. The lowest BCUT2D eigenvalue weighted by Crippen LogP contribution is -2.50. The summed E-state index contributed by atoms with van der Waals surface area (Å²) in [6.07, 6.45) is 0.624. The molecule has 0 aliphatic carbocycles. The molecule has 1 aromatic carbocycles. The van der Waals surface area contributed by atoms with E-state index in [4.69, 9.17) is 9.84 Å². The van der Waals surface area contributed by atoms with Crippen molar-refractivity contribution in [3.8, 4) is 5.75 Å². The first-order valence-corrected chi connectivity index (χ1v) is 6.99. The van der Waals surface area contributed by atoms with E-state index < -0.39 is 18.0 Å². The maximum atomic E-state index is 11.8. The van der Waals surface area contributed by atoms with Gasteiger partial charge in [0.05, 0.1) is 6.54 Å². The lowest BCUT2D eigenvalue weighted by molar-refractivity contribution is -0.140. The van der Waals surface area contributed by atoms with Gasteiger partial charge in [0.15, 0.2) is 0 Å². The van der Waals surface area contributed by atoms with E-state index in [9.17, 15) is 9.59 Å². The van der Waals surface area contributed by atoms with Crippen LogP contribution in [0.4, 0.5) is 4.79 Å². The lowest BCUT2D eigenvalue weighted by Gasteiger charge is -2.19. The molecule has 1 heterocycles. The van der Waals surface area contributed by atoms with Gasteiger partial charge in [0, 0.05) is 6.42 Å². The smallest absolute Gasteiger partial charge is 0.326 e. The number of amides is 2. The molecular formula is C15H20N2O4. The van der Waals surface area contributed by atoms with Crippen molar-refractivity contribution in [3.63, 3.8) is 0 Å². The third kappa shape index (κ3) is 3.87. The highest BCUT2D eigenvalue weighted by Gasteiger charge is 2.25. The minimum Gasteiger partial charge on any atom is -0.488 e. The first-order valence-electron chi connectivity index (χ1n) is 6.99. The number of hydrogen-bond acceptors (Lipinski definition) is 3. The summed E-state index contributed by atoms with van der Waals surface area (Å²) in [4.78, 5) is 22.8. The minimum absolute atomic E-state index is 0.115. The highest BCUT2D eigenvalue weighted by atomic mass is 16.5. The van der Waals surface area contributed by atoms with Gasteiger partial charge in [-0.1, -0.05) is 32.0 Å². The van der Waals surface area contributed by atoms with Crippen molar-refractivity contribution >= 4 is 12.0 Å². The number of hydrogen-bond donors (Lipinski definition) is 3. The molecule has 6 heteroatoms. The predicted octanol–water partition coefficient (Wildman–Crippen LogP) is 1.40. The Bertz CT molecular complexity index is 505. The van der Waals surface area contributed by atoms with Crippen LogP contribution in [-0.4, -0.2) is 35.8 Å². The predicted molar refractivity (Wildman–Crippen MR) is 77.4 cm³/mol. The van der Waals surface area contributed by atoms with Gasteiger partial charge in [0.25, 0.3) is 0 Å². The summed E-state index contributed by atoms with van der Waals surface area (Å²) in [5, 5.41) is 14.1. The van der Waals surface area contributed by atoms with Gasteiger partial charge < -0.3 is 20.5 Å². The molecule has 0 saturated carbocycles. The third-order valence-corrected chi connectivity index (χ3v) is 3.42. The van der Waals surface area contributed by atoms with Gasteiger partial charge in [-0.2, -0.15) is 0 Å². The molecule has 2 rings (SSSR count). The zero-order valence-electron chi connectivity index (χ0n) is 12.1.